The number of hydrogen-bond donors (Lipinski definition) is 0. The summed E-state index contributed by atoms with van der Waals surface area (Å²) in [6.07, 6.45) is 8.45. The van der Waals surface area contributed by atoms with Crippen molar-refractivity contribution in [2.24, 2.45) is 11.3 Å². The van der Waals surface area contributed by atoms with Crippen LogP contribution in [-0.2, 0) is 14.0 Å². The second-order valence-corrected chi connectivity index (χ2v) is 14.5. The molecule has 0 radical (unpaired) electrons. The van der Waals surface area contributed by atoms with Crippen LogP contribution < -0.4 is 0 Å². The first-order chi connectivity index (χ1) is 12.0. The second kappa shape index (κ2) is 8.04. The monoisotopic (exact) mass is 378 g/mol. The maximum atomic E-state index is 11.6. The molecule has 3 atom stereocenters. The molecule has 0 saturated heterocycles. The van der Waals surface area contributed by atoms with Crippen LogP contribution in [0, 0.1) is 11.3 Å². The lowest BCUT2D eigenvalue weighted by Crippen LogP contribution is -2.49. The lowest BCUT2D eigenvalue weighted by molar-refractivity contribution is -0.142. The Morgan fingerprint density at radius 2 is 2.04 bits per heavy atom. The predicted molar refractivity (Wildman–Crippen MR) is 110 cm³/mol. The molecular formula is C22H38O3Si. The highest BCUT2D eigenvalue weighted by atomic mass is 28.4. The first kappa shape index (κ1) is 21.5. The van der Waals surface area contributed by atoms with Gasteiger partial charge in [0.25, 0.3) is 0 Å². The molecule has 0 aromatic rings. The van der Waals surface area contributed by atoms with Crippen LogP contribution in [0.15, 0.2) is 17.4 Å². The van der Waals surface area contributed by atoms with Gasteiger partial charge in [0, 0.05) is 11.5 Å². The molecule has 0 aliphatic heterocycles. The number of esters is 1. The van der Waals surface area contributed by atoms with Crippen LogP contribution in [0.1, 0.15) is 73.1 Å². The van der Waals surface area contributed by atoms with Crippen molar-refractivity contribution >= 4 is 14.3 Å². The molecule has 0 aromatic heterocycles. The minimum absolute atomic E-state index is 0.164. The van der Waals surface area contributed by atoms with E-state index in [9.17, 15) is 4.79 Å². The van der Waals surface area contributed by atoms with Gasteiger partial charge in [-0.3, -0.25) is 4.79 Å². The molecular weight excluding hydrogens is 340 g/mol. The van der Waals surface area contributed by atoms with Gasteiger partial charge in [0.05, 0.1) is 13.0 Å². The first-order valence-corrected chi connectivity index (χ1v) is 13.2. The fourth-order valence-electron chi connectivity index (χ4n) is 4.34. The number of carbonyl (C=O) groups excluding carboxylic acids is 1. The maximum Gasteiger partial charge on any atom is 0.310 e. The van der Waals surface area contributed by atoms with E-state index in [-0.39, 0.29) is 16.4 Å². The molecule has 2 saturated carbocycles. The summed E-state index contributed by atoms with van der Waals surface area (Å²) in [4.78, 5) is 11.6. The summed E-state index contributed by atoms with van der Waals surface area (Å²) in [5.74, 6) is 0.423. The van der Waals surface area contributed by atoms with Gasteiger partial charge in [-0.1, -0.05) is 34.1 Å². The van der Waals surface area contributed by atoms with Gasteiger partial charge in [0.2, 0.25) is 0 Å². The van der Waals surface area contributed by atoms with E-state index in [1.165, 1.54) is 31.3 Å². The largest absolute Gasteiger partial charge is 0.466 e. The number of hydrogen-bond acceptors (Lipinski definition) is 3. The summed E-state index contributed by atoms with van der Waals surface area (Å²) in [6, 6.07) is 0. The zero-order chi connectivity index (χ0) is 19.6. The fraction of sp³-hybridized carbons (Fsp3) is 0.818. The smallest absolute Gasteiger partial charge is 0.310 e. The van der Waals surface area contributed by atoms with Crippen molar-refractivity contribution < 1.29 is 14.0 Å². The summed E-state index contributed by atoms with van der Waals surface area (Å²) >= 11 is 0. The molecule has 0 aromatic carbocycles. The Balaban J connectivity index is 2.15. The molecule has 0 bridgehead atoms. The average Bonchev–Trinajstić information content (AvgIpc) is 2.84. The van der Waals surface area contributed by atoms with E-state index >= 15 is 0 Å². The van der Waals surface area contributed by atoms with Gasteiger partial charge in [-0.2, -0.15) is 0 Å². The minimum atomic E-state index is -1.76. The Morgan fingerprint density at radius 1 is 1.35 bits per heavy atom. The quantitative estimate of drug-likeness (QED) is 0.334. The van der Waals surface area contributed by atoms with Crippen molar-refractivity contribution in [1.29, 1.82) is 0 Å². The van der Waals surface area contributed by atoms with Crippen LogP contribution in [0.2, 0.25) is 18.1 Å². The van der Waals surface area contributed by atoms with Crippen LogP contribution in [-0.4, -0.2) is 27.0 Å². The van der Waals surface area contributed by atoms with Gasteiger partial charge in [0.15, 0.2) is 8.32 Å². The topological polar surface area (TPSA) is 35.5 Å². The number of fused-ring (bicyclic) bond motifs is 1. The van der Waals surface area contributed by atoms with E-state index in [4.69, 9.17) is 9.16 Å². The Hall–Kier alpha value is -0.833. The van der Waals surface area contributed by atoms with Gasteiger partial charge >= 0.3 is 5.97 Å². The van der Waals surface area contributed by atoms with E-state index in [1.54, 1.807) is 0 Å². The summed E-state index contributed by atoms with van der Waals surface area (Å²) in [6.45, 7) is 16.4. The maximum absolute atomic E-state index is 11.6. The van der Waals surface area contributed by atoms with Gasteiger partial charge in [-0.25, -0.2) is 0 Å². The molecule has 2 rings (SSSR count). The fourth-order valence-corrected chi connectivity index (χ4v) is 5.74. The van der Waals surface area contributed by atoms with Gasteiger partial charge in [-0.15, -0.1) is 5.73 Å². The van der Waals surface area contributed by atoms with E-state index < -0.39 is 8.32 Å². The van der Waals surface area contributed by atoms with Gasteiger partial charge < -0.3 is 9.16 Å². The highest BCUT2D eigenvalue weighted by Crippen LogP contribution is 2.56. The molecule has 0 heterocycles. The number of rotatable bonds is 5. The molecule has 2 fully saturated rings. The Morgan fingerprint density at radius 3 is 2.65 bits per heavy atom. The van der Waals surface area contributed by atoms with Crippen molar-refractivity contribution in [1.82, 2.24) is 0 Å². The molecule has 2 aliphatic carbocycles. The third-order valence-electron chi connectivity index (χ3n) is 6.95. The van der Waals surface area contributed by atoms with Crippen LogP contribution in [0.5, 0.6) is 0 Å². The molecule has 0 N–H and O–H groups in total. The van der Waals surface area contributed by atoms with Crippen molar-refractivity contribution in [2.75, 3.05) is 6.61 Å². The highest BCUT2D eigenvalue weighted by molar-refractivity contribution is 6.74. The zero-order valence-electron chi connectivity index (χ0n) is 17.9. The van der Waals surface area contributed by atoms with E-state index in [1.807, 2.05) is 13.0 Å². The third-order valence-corrected chi connectivity index (χ3v) is 11.5. The summed E-state index contributed by atoms with van der Waals surface area (Å²) in [5, 5.41) is 0.248. The first-order valence-electron chi connectivity index (χ1n) is 10.3. The van der Waals surface area contributed by atoms with E-state index in [2.05, 4.69) is 46.5 Å². The summed E-state index contributed by atoms with van der Waals surface area (Å²) in [7, 11) is -1.76. The zero-order valence-corrected chi connectivity index (χ0v) is 18.9. The standard InChI is InChI=1S/C22H38O3Si/c1-8-24-20(23)13-9-11-17-14-15-18-19(12-10-16-22(17,18)5)25-26(6,7)21(2,3)4/h9,18-19H,8,10,12-16H2,1-7H3/t11?,18-,19-,22+/m0/s1. The molecule has 0 unspecified atom stereocenters. The summed E-state index contributed by atoms with van der Waals surface area (Å²) < 4.78 is 11.9. The van der Waals surface area contributed by atoms with Crippen molar-refractivity contribution in [2.45, 2.75) is 97.4 Å². The average molecular weight is 379 g/mol. The van der Waals surface area contributed by atoms with Crippen LogP contribution in [0.25, 0.3) is 0 Å². The lowest BCUT2D eigenvalue weighted by Gasteiger charge is -2.47. The molecule has 4 heteroatoms. The Kier molecular flexibility index (Phi) is 6.64. The van der Waals surface area contributed by atoms with Crippen molar-refractivity contribution in [3.63, 3.8) is 0 Å². The lowest BCUT2D eigenvalue weighted by atomic mass is 9.66. The van der Waals surface area contributed by atoms with Gasteiger partial charge in [-0.05, 0) is 68.3 Å². The molecule has 0 amide bonds. The highest BCUT2D eigenvalue weighted by Gasteiger charge is 2.51. The SMILES string of the molecule is CCOC(=O)CC=C=C1CC[C@H]2[C@@H](O[Si](C)(C)C(C)(C)C)CCC[C@]12C. The van der Waals surface area contributed by atoms with E-state index in [0.29, 0.717) is 25.0 Å². The molecule has 0 spiro atoms. The minimum Gasteiger partial charge on any atom is -0.466 e. The van der Waals surface area contributed by atoms with Crippen LogP contribution in [0.3, 0.4) is 0 Å². The number of ether oxygens (including phenoxy) is 1. The summed E-state index contributed by atoms with van der Waals surface area (Å²) in [5.41, 5.74) is 5.03. The van der Waals surface area contributed by atoms with Gasteiger partial charge in [0.1, 0.15) is 0 Å². The predicted octanol–water partition coefficient (Wildman–Crippen LogP) is 6.01. The second-order valence-electron chi connectivity index (χ2n) is 9.71. The molecule has 148 valence electrons. The van der Waals surface area contributed by atoms with Crippen molar-refractivity contribution in [3.05, 3.63) is 17.4 Å². The van der Waals surface area contributed by atoms with Crippen molar-refractivity contribution in [3.8, 4) is 0 Å². The molecule has 3 nitrogen and oxygen atoms in total. The van der Waals surface area contributed by atoms with Crippen LogP contribution >= 0.6 is 0 Å². The number of carbonyl (C=O) groups is 1. The Labute approximate surface area is 161 Å². The third kappa shape index (κ3) is 4.52. The molecule has 2 aliphatic rings. The normalized spacial score (nSPS) is 29.1. The van der Waals surface area contributed by atoms with E-state index in [0.717, 1.165) is 6.42 Å². The Bertz CT molecular complexity index is 581. The van der Waals surface area contributed by atoms with Crippen LogP contribution in [0.4, 0.5) is 0 Å². The molecule has 26 heavy (non-hydrogen) atoms.